The van der Waals surface area contributed by atoms with E-state index in [0.717, 1.165) is 32.0 Å². The standard InChI is InChI=1S/C18H25N5/c1-14(2)20-18-19-8-7-17(21-18)23-11-9-22(10-12-23)16-6-4-5-15(3)13-16/h4-8,13-14H,9-12H2,1-3H3,(H,19,20,21). The summed E-state index contributed by atoms with van der Waals surface area (Å²) in [7, 11) is 0. The Kier molecular flexibility index (Phi) is 4.65. The van der Waals surface area contributed by atoms with Crippen LogP contribution in [-0.2, 0) is 0 Å². The van der Waals surface area contributed by atoms with E-state index in [2.05, 4.69) is 70.1 Å². The summed E-state index contributed by atoms with van der Waals surface area (Å²) in [5.41, 5.74) is 2.62. The maximum Gasteiger partial charge on any atom is 0.224 e. The molecule has 0 radical (unpaired) electrons. The summed E-state index contributed by atoms with van der Waals surface area (Å²) in [6, 6.07) is 11.1. The predicted molar refractivity (Wildman–Crippen MR) is 96.4 cm³/mol. The first kappa shape index (κ1) is 15.6. The number of nitrogens with one attached hydrogen (secondary N) is 1. The number of aromatic nitrogens is 2. The van der Waals surface area contributed by atoms with Crippen LogP contribution in [0.15, 0.2) is 36.5 Å². The first-order valence-corrected chi connectivity index (χ1v) is 8.28. The molecule has 0 spiro atoms. The minimum Gasteiger partial charge on any atom is -0.368 e. The highest BCUT2D eigenvalue weighted by Gasteiger charge is 2.18. The highest BCUT2D eigenvalue weighted by molar-refractivity contribution is 5.51. The molecule has 0 saturated carbocycles. The minimum absolute atomic E-state index is 0.336. The summed E-state index contributed by atoms with van der Waals surface area (Å²) < 4.78 is 0. The molecule has 1 N–H and O–H groups in total. The zero-order valence-corrected chi connectivity index (χ0v) is 14.2. The van der Waals surface area contributed by atoms with Gasteiger partial charge in [-0.3, -0.25) is 0 Å². The fourth-order valence-corrected chi connectivity index (χ4v) is 2.87. The van der Waals surface area contributed by atoms with Gasteiger partial charge in [-0.25, -0.2) is 4.98 Å². The van der Waals surface area contributed by atoms with Crippen molar-refractivity contribution in [1.29, 1.82) is 0 Å². The van der Waals surface area contributed by atoms with Crippen LogP contribution in [-0.4, -0.2) is 42.2 Å². The van der Waals surface area contributed by atoms with E-state index in [4.69, 9.17) is 0 Å². The number of benzene rings is 1. The van der Waals surface area contributed by atoms with Crippen LogP contribution in [0.3, 0.4) is 0 Å². The lowest BCUT2D eigenvalue weighted by Crippen LogP contribution is -2.46. The van der Waals surface area contributed by atoms with E-state index in [0.29, 0.717) is 12.0 Å². The Bertz CT molecular complexity index is 647. The number of anilines is 3. The molecule has 1 aliphatic heterocycles. The van der Waals surface area contributed by atoms with Crippen LogP contribution in [0.4, 0.5) is 17.5 Å². The molecule has 0 atom stereocenters. The molecule has 0 bridgehead atoms. The summed E-state index contributed by atoms with van der Waals surface area (Å²) in [5, 5.41) is 3.27. The normalized spacial score (nSPS) is 15.1. The first-order valence-electron chi connectivity index (χ1n) is 8.28. The predicted octanol–water partition coefficient (Wildman–Crippen LogP) is 2.93. The van der Waals surface area contributed by atoms with Crippen LogP contribution in [0.5, 0.6) is 0 Å². The van der Waals surface area contributed by atoms with Gasteiger partial charge in [-0.1, -0.05) is 12.1 Å². The zero-order chi connectivity index (χ0) is 16.2. The highest BCUT2D eigenvalue weighted by atomic mass is 15.3. The van der Waals surface area contributed by atoms with Gasteiger partial charge in [0.1, 0.15) is 5.82 Å². The number of hydrogen-bond acceptors (Lipinski definition) is 5. The second-order valence-corrected chi connectivity index (χ2v) is 6.35. The van der Waals surface area contributed by atoms with Gasteiger partial charge in [-0.2, -0.15) is 4.98 Å². The van der Waals surface area contributed by atoms with E-state index in [1.165, 1.54) is 11.3 Å². The molecular formula is C18H25N5. The third kappa shape index (κ3) is 3.92. The summed E-state index contributed by atoms with van der Waals surface area (Å²) in [6.07, 6.45) is 1.83. The van der Waals surface area contributed by atoms with Crippen LogP contribution in [0.1, 0.15) is 19.4 Å². The van der Waals surface area contributed by atoms with Gasteiger partial charge >= 0.3 is 0 Å². The van der Waals surface area contributed by atoms with Crippen LogP contribution < -0.4 is 15.1 Å². The summed E-state index contributed by atoms with van der Waals surface area (Å²) in [5.74, 6) is 1.71. The van der Waals surface area contributed by atoms with Crippen LogP contribution in [0.25, 0.3) is 0 Å². The third-order valence-corrected chi connectivity index (χ3v) is 4.03. The lowest BCUT2D eigenvalue weighted by Gasteiger charge is -2.36. The van der Waals surface area contributed by atoms with Gasteiger partial charge in [-0.15, -0.1) is 0 Å². The van der Waals surface area contributed by atoms with Crippen molar-refractivity contribution in [3.05, 3.63) is 42.1 Å². The molecule has 0 unspecified atom stereocenters. The fraction of sp³-hybridized carbons (Fsp3) is 0.444. The van der Waals surface area contributed by atoms with E-state index in [-0.39, 0.29) is 0 Å². The minimum atomic E-state index is 0.336. The van der Waals surface area contributed by atoms with Crippen molar-refractivity contribution in [1.82, 2.24) is 9.97 Å². The number of hydrogen-bond donors (Lipinski definition) is 1. The molecular weight excluding hydrogens is 286 g/mol. The number of nitrogens with zero attached hydrogens (tertiary/aromatic N) is 4. The molecule has 23 heavy (non-hydrogen) atoms. The lowest BCUT2D eigenvalue weighted by atomic mass is 10.2. The van der Waals surface area contributed by atoms with Gasteiger partial charge in [0.05, 0.1) is 0 Å². The highest BCUT2D eigenvalue weighted by Crippen LogP contribution is 2.20. The van der Waals surface area contributed by atoms with Gasteiger partial charge in [0.2, 0.25) is 5.95 Å². The smallest absolute Gasteiger partial charge is 0.224 e. The van der Waals surface area contributed by atoms with Crippen molar-refractivity contribution < 1.29 is 0 Å². The fourth-order valence-electron chi connectivity index (χ4n) is 2.87. The Labute approximate surface area is 138 Å². The Morgan fingerprint density at radius 3 is 2.48 bits per heavy atom. The monoisotopic (exact) mass is 311 g/mol. The molecule has 1 saturated heterocycles. The molecule has 5 heteroatoms. The molecule has 2 heterocycles. The molecule has 1 aromatic heterocycles. The maximum absolute atomic E-state index is 4.63. The molecule has 2 aromatic rings. The van der Waals surface area contributed by atoms with Crippen LogP contribution in [0, 0.1) is 6.92 Å². The van der Waals surface area contributed by atoms with Crippen molar-refractivity contribution >= 4 is 17.5 Å². The average Bonchev–Trinajstić information content (AvgIpc) is 2.55. The third-order valence-electron chi connectivity index (χ3n) is 4.03. The van der Waals surface area contributed by atoms with Crippen molar-refractivity contribution in [2.24, 2.45) is 0 Å². The van der Waals surface area contributed by atoms with Gasteiger partial charge in [-0.05, 0) is 44.5 Å². The Balaban J connectivity index is 1.65. The second-order valence-electron chi connectivity index (χ2n) is 6.35. The van der Waals surface area contributed by atoms with Crippen molar-refractivity contribution in [3.63, 3.8) is 0 Å². The van der Waals surface area contributed by atoms with E-state index >= 15 is 0 Å². The largest absolute Gasteiger partial charge is 0.368 e. The van der Waals surface area contributed by atoms with Crippen molar-refractivity contribution in [2.75, 3.05) is 41.3 Å². The number of rotatable bonds is 4. The second kappa shape index (κ2) is 6.86. The SMILES string of the molecule is Cc1cccc(N2CCN(c3ccnc(NC(C)C)n3)CC2)c1. The first-order chi connectivity index (χ1) is 11.1. The van der Waals surface area contributed by atoms with E-state index in [1.807, 2.05) is 12.3 Å². The lowest BCUT2D eigenvalue weighted by molar-refractivity contribution is 0.646. The van der Waals surface area contributed by atoms with Gasteiger partial charge < -0.3 is 15.1 Å². The van der Waals surface area contributed by atoms with E-state index < -0.39 is 0 Å². The van der Waals surface area contributed by atoms with E-state index in [9.17, 15) is 0 Å². The number of piperazine rings is 1. The topological polar surface area (TPSA) is 44.3 Å². The van der Waals surface area contributed by atoms with Gasteiger partial charge in [0.15, 0.2) is 0 Å². The molecule has 0 amide bonds. The Morgan fingerprint density at radius 1 is 1.04 bits per heavy atom. The molecule has 0 aliphatic carbocycles. The molecule has 122 valence electrons. The Morgan fingerprint density at radius 2 is 1.78 bits per heavy atom. The van der Waals surface area contributed by atoms with Crippen molar-refractivity contribution in [3.8, 4) is 0 Å². The molecule has 1 aromatic carbocycles. The summed E-state index contributed by atoms with van der Waals surface area (Å²) in [4.78, 5) is 13.7. The molecule has 1 aliphatic rings. The van der Waals surface area contributed by atoms with Crippen LogP contribution in [0.2, 0.25) is 0 Å². The average molecular weight is 311 g/mol. The maximum atomic E-state index is 4.63. The molecule has 1 fully saturated rings. The van der Waals surface area contributed by atoms with Crippen molar-refractivity contribution in [2.45, 2.75) is 26.8 Å². The van der Waals surface area contributed by atoms with Gasteiger partial charge in [0.25, 0.3) is 0 Å². The zero-order valence-electron chi connectivity index (χ0n) is 14.2. The van der Waals surface area contributed by atoms with Crippen LogP contribution >= 0.6 is 0 Å². The molecule has 3 rings (SSSR count). The van der Waals surface area contributed by atoms with Gasteiger partial charge in [0, 0.05) is 44.1 Å². The summed E-state index contributed by atoms with van der Waals surface area (Å²) in [6.45, 7) is 10.3. The summed E-state index contributed by atoms with van der Waals surface area (Å²) >= 11 is 0. The molecule has 5 nitrogen and oxygen atoms in total. The Hall–Kier alpha value is -2.30. The quantitative estimate of drug-likeness (QED) is 0.940. The van der Waals surface area contributed by atoms with E-state index in [1.54, 1.807) is 0 Å². The number of aryl methyl sites for hydroxylation is 1.